The quantitative estimate of drug-likeness (QED) is 0.735. The molecule has 1 aromatic heterocycles. The van der Waals surface area contributed by atoms with Gasteiger partial charge in [-0.15, -0.1) is 6.58 Å². The molecule has 0 aromatic carbocycles. The Bertz CT molecular complexity index is 450. The molecule has 1 aliphatic rings. The van der Waals surface area contributed by atoms with Crippen LogP contribution in [0.2, 0.25) is 0 Å². The van der Waals surface area contributed by atoms with Gasteiger partial charge in [0.15, 0.2) is 0 Å². The topological polar surface area (TPSA) is 28.2 Å². The highest BCUT2D eigenvalue weighted by Crippen LogP contribution is 2.23. The first kappa shape index (κ1) is 15.0. The van der Waals surface area contributed by atoms with Gasteiger partial charge in [-0.05, 0) is 43.4 Å². The maximum Gasteiger partial charge on any atom is 0.129 e. The van der Waals surface area contributed by atoms with Crippen LogP contribution in [-0.2, 0) is 6.54 Å². The number of nitrogens with one attached hydrogen (secondary N) is 1. The zero-order chi connectivity index (χ0) is 14.5. The second-order valence-electron chi connectivity index (χ2n) is 5.90. The molecule has 3 heteroatoms. The van der Waals surface area contributed by atoms with Crippen LogP contribution in [0.4, 0.5) is 5.82 Å². The number of hydrogen-bond acceptors (Lipinski definition) is 3. The molecule has 1 aliphatic carbocycles. The van der Waals surface area contributed by atoms with Crippen molar-refractivity contribution in [3.8, 4) is 0 Å². The largest absolute Gasteiger partial charge is 0.353 e. The van der Waals surface area contributed by atoms with E-state index in [0.29, 0.717) is 5.92 Å². The van der Waals surface area contributed by atoms with Crippen LogP contribution in [0.3, 0.4) is 0 Å². The second-order valence-corrected chi connectivity index (χ2v) is 5.90. The summed E-state index contributed by atoms with van der Waals surface area (Å²) < 4.78 is 0. The molecule has 0 spiro atoms. The average molecular weight is 273 g/mol. The summed E-state index contributed by atoms with van der Waals surface area (Å²) in [6, 6.07) is 5.20. The molecule has 0 saturated heterocycles. The lowest BCUT2D eigenvalue weighted by molar-refractivity contribution is 0.683. The Labute approximate surface area is 123 Å². The van der Waals surface area contributed by atoms with E-state index >= 15 is 0 Å². The lowest BCUT2D eigenvalue weighted by Gasteiger charge is -2.22. The van der Waals surface area contributed by atoms with Crippen molar-refractivity contribution in [3.05, 3.63) is 36.0 Å². The minimum atomic E-state index is 0.456. The third kappa shape index (κ3) is 4.07. The first-order chi connectivity index (χ1) is 9.63. The zero-order valence-electron chi connectivity index (χ0n) is 13.0. The van der Waals surface area contributed by atoms with Gasteiger partial charge in [0.25, 0.3) is 0 Å². The van der Waals surface area contributed by atoms with Gasteiger partial charge >= 0.3 is 0 Å². The number of nitrogens with zero attached hydrogens (tertiary/aromatic N) is 2. The zero-order valence-corrected chi connectivity index (χ0v) is 13.0. The highest BCUT2D eigenvalue weighted by Gasteiger charge is 2.20. The Hall–Kier alpha value is -1.35. The first-order valence-electron chi connectivity index (χ1n) is 7.74. The SMILES string of the molecule is C=CCN(CC)c1cc(CNC2CC2)cc(C(C)C)n1. The molecule has 1 aromatic rings. The van der Waals surface area contributed by atoms with Crippen LogP contribution in [0.5, 0.6) is 0 Å². The molecular weight excluding hydrogens is 246 g/mol. The van der Waals surface area contributed by atoms with Crippen molar-refractivity contribution >= 4 is 5.82 Å². The summed E-state index contributed by atoms with van der Waals surface area (Å²) in [6.45, 7) is 13.2. The average Bonchev–Trinajstić information content (AvgIpc) is 3.26. The van der Waals surface area contributed by atoms with Crippen molar-refractivity contribution in [1.29, 1.82) is 0 Å². The molecule has 0 bridgehead atoms. The number of pyridine rings is 1. The van der Waals surface area contributed by atoms with Crippen LogP contribution in [0.25, 0.3) is 0 Å². The van der Waals surface area contributed by atoms with E-state index in [1.165, 1.54) is 24.1 Å². The van der Waals surface area contributed by atoms with Gasteiger partial charge in [0.05, 0.1) is 0 Å². The lowest BCUT2D eigenvalue weighted by Crippen LogP contribution is -2.25. The van der Waals surface area contributed by atoms with Gasteiger partial charge < -0.3 is 10.2 Å². The molecule has 0 atom stereocenters. The van der Waals surface area contributed by atoms with E-state index in [9.17, 15) is 0 Å². The highest BCUT2D eigenvalue weighted by atomic mass is 15.2. The molecule has 0 amide bonds. The molecule has 0 unspecified atom stereocenters. The van der Waals surface area contributed by atoms with E-state index in [4.69, 9.17) is 4.98 Å². The molecule has 1 saturated carbocycles. The molecule has 1 fully saturated rings. The summed E-state index contributed by atoms with van der Waals surface area (Å²) in [5.74, 6) is 1.53. The predicted molar refractivity (Wildman–Crippen MR) is 86.3 cm³/mol. The normalized spacial score (nSPS) is 14.6. The fraction of sp³-hybridized carbons (Fsp3) is 0.588. The lowest BCUT2D eigenvalue weighted by atomic mass is 10.1. The monoisotopic (exact) mass is 273 g/mol. The fourth-order valence-electron chi connectivity index (χ4n) is 2.24. The van der Waals surface area contributed by atoms with Gasteiger partial charge in [0.2, 0.25) is 0 Å². The summed E-state index contributed by atoms with van der Waals surface area (Å²) in [5.41, 5.74) is 2.52. The third-order valence-corrected chi connectivity index (χ3v) is 3.71. The van der Waals surface area contributed by atoms with E-state index in [2.05, 4.69) is 49.7 Å². The van der Waals surface area contributed by atoms with Crippen molar-refractivity contribution < 1.29 is 0 Å². The summed E-state index contributed by atoms with van der Waals surface area (Å²) in [7, 11) is 0. The summed E-state index contributed by atoms with van der Waals surface area (Å²) >= 11 is 0. The predicted octanol–water partition coefficient (Wildman–Crippen LogP) is 3.47. The number of anilines is 1. The van der Waals surface area contributed by atoms with Crippen LogP contribution in [-0.4, -0.2) is 24.1 Å². The van der Waals surface area contributed by atoms with Crippen LogP contribution in [0.15, 0.2) is 24.8 Å². The molecule has 3 nitrogen and oxygen atoms in total. The van der Waals surface area contributed by atoms with Crippen LogP contribution in [0, 0.1) is 0 Å². The van der Waals surface area contributed by atoms with Crippen LogP contribution >= 0.6 is 0 Å². The fourth-order valence-corrected chi connectivity index (χ4v) is 2.24. The van der Waals surface area contributed by atoms with E-state index in [1.54, 1.807) is 0 Å². The Morgan fingerprint density at radius 1 is 1.45 bits per heavy atom. The van der Waals surface area contributed by atoms with Gasteiger partial charge in [-0.2, -0.15) is 0 Å². The van der Waals surface area contributed by atoms with Crippen LogP contribution < -0.4 is 10.2 Å². The molecule has 1 N–H and O–H groups in total. The van der Waals surface area contributed by atoms with Crippen LogP contribution in [0.1, 0.15) is 50.8 Å². The van der Waals surface area contributed by atoms with Crippen molar-refractivity contribution in [2.45, 2.75) is 52.1 Å². The number of hydrogen-bond donors (Lipinski definition) is 1. The van der Waals surface area contributed by atoms with E-state index in [0.717, 1.165) is 31.5 Å². The molecule has 0 radical (unpaired) electrons. The Morgan fingerprint density at radius 2 is 2.20 bits per heavy atom. The van der Waals surface area contributed by atoms with Gasteiger partial charge in [0.1, 0.15) is 5.82 Å². The summed E-state index contributed by atoms with van der Waals surface area (Å²) in [4.78, 5) is 7.08. The first-order valence-corrected chi connectivity index (χ1v) is 7.74. The van der Waals surface area contributed by atoms with Gasteiger partial charge in [-0.3, -0.25) is 0 Å². The van der Waals surface area contributed by atoms with Crippen molar-refractivity contribution in [2.24, 2.45) is 0 Å². The number of likely N-dealkylation sites (N-methyl/N-ethyl adjacent to an activating group) is 1. The van der Waals surface area contributed by atoms with Gasteiger partial charge in [-0.25, -0.2) is 4.98 Å². The second kappa shape index (κ2) is 6.89. The Kier molecular flexibility index (Phi) is 5.18. The standard InChI is InChI=1S/C17H27N3/c1-5-9-20(6-2)17-11-14(12-18-15-7-8-15)10-16(19-17)13(3)4/h5,10-11,13,15,18H,1,6-9,12H2,2-4H3. The van der Waals surface area contributed by atoms with Crippen molar-refractivity contribution in [3.63, 3.8) is 0 Å². The molecule has 20 heavy (non-hydrogen) atoms. The van der Waals surface area contributed by atoms with Crippen molar-refractivity contribution in [1.82, 2.24) is 10.3 Å². The van der Waals surface area contributed by atoms with Gasteiger partial charge in [-0.1, -0.05) is 19.9 Å². The molecule has 2 rings (SSSR count). The maximum absolute atomic E-state index is 4.82. The third-order valence-electron chi connectivity index (χ3n) is 3.71. The summed E-state index contributed by atoms with van der Waals surface area (Å²) in [5, 5.41) is 3.59. The Balaban J connectivity index is 2.21. The molecular formula is C17H27N3. The van der Waals surface area contributed by atoms with E-state index in [1.807, 2.05) is 6.08 Å². The van der Waals surface area contributed by atoms with Crippen molar-refractivity contribution in [2.75, 3.05) is 18.0 Å². The van der Waals surface area contributed by atoms with Gasteiger partial charge in [0, 0.05) is 31.4 Å². The highest BCUT2D eigenvalue weighted by molar-refractivity contribution is 5.44. The molecule has 1 heterocycles. The Morgan fingerprint density at radius 3 is 2.75 bits per heavy atom. The van der Waals surface area contributed by atoms with E-state index in [-0.39, 0.29) is 0 Å². The van der Waals surface area contributed by atoms with E-state index < -0.39 is 0 Å². The summed E-state index contributed by atoms with van der Waals surface area (Å²) in [6.07, 6.45) is 4.59. The maximum atomic E-state index is 4.82. The minimum Gasteiger partial charge on any atom is -0.353 e. The molecule has 110 valence electrons. The smallest absolute Gasteiger partial charge is 0.129 e. The number of rotatable bonds is 8. The molecule has 0 aliphatic heterocycles. The minimum absolute atomic E-state index is 0.456. The number of aromatic nitrogens is 1.